The molecule has 6 aromatic rings. The molecule has 3 N–H and O–H groups in total. The number of rotatable bonds is 8. The quantitative estimate of drug-likeness (QED) is 0.0415. The number of carbonyl (C=O) groups is 2. The van der Waals surface area contributed by atoms with Gasteiger partial charge in [-0.15, -0.1) is 0 Å². The number of fused-ring (bicyclic) bond motifs is 4. The van der Waals surface area contributed by atoms with Gasteiger partial charge in [0.25, 0.3) is 11.8 Å². The number of halogens is 2. The molecule has 0 bridgehead atoms. The second-order valence-corrected chi connectivity index (χ2v) is 14.3. The number of aromatic nitrogens is 4. The summed E-state index contributed by atoms with van der Waals surface area (Å²) in [6, 6.07) is 15.1. The number of alkyl halides is 1. The highest BCUT2D eigenvalue weighted by Gasteiger charge is 2.42. The molecule has 51 heavy (non-hydrogen) atoms. The first-order chi connectivity index (χ1) is 24.3. The lowest BCUT2D eigenvalue weighted by Crippen LogP contribution is -2.48. The predicted molar refractivity (Wildman–Crippen MR) is 204 cm³/mol. The molecule has 7 rings (SSSR count). The van der Waals surface area contributed by atoms with Crippen molar-refractivity contribution in [2.45, 2.75) is 59.0 Å². The van der Waals surface area contributed by atoms with E-state index >= 15 is 4.79 Å². The van der Waals surface area contributed by atoms with Crippen molar-refractivity contribution < 1.29 is 14.3 Å². The summed E-state index contributed by atoms with van der Waals surface area (Å²) >= 11 is 13.8. The van der Waals surface area contributed by atoms with E-state index in [2.05, 4.69) is 29.0 Å². The van der Waals surface area contributed by atoms with Crippen molar-refractivity contribution in [2.75, 3.05) is 11.5 Å². The normalized spacial score (nSPS) is 16.0. The number of benzene rings is 3. The van der Waals surface area contributed by atoms with Gasteiger partial charge in [0.15, 0.2) is 0 Å². The number of nitrogens with two attached hydrogens (primary N) is 1. The first-order valence-electron chi connectivity index (χ1n) is 17.0. The molecule has 2 unspecified atom stereocenters. The van der Waals surface area contributed by atoms with E-state index in [4.69, 9.17) is 38.9 Å². The number of hydrazine groups is 1. The Balaban J connectivity index is 1.40. The zero-order valence-corrected chi connectivity index (χ0v) is 31.3. The maximum absolute atomic E-state index is 15.2. The summed E-state index contributed by atoms with van der Waals surface area (Å²) in [7, 11) is 3.85. The van der Waals surface area contributed by atoms with Crippen molar-refractivity contribution in [1.82, 2.24) is 24.3 Å². The number of carbonyl (C=O) groups excluding carboxylic acids is 2. The lowest BCUT2D eigenvalue weighted by molar-refractivity contribution is 0.0941. The first-order valence-corrected chi connectivity index (χ1v) is 17.8. The summed E-state index contributed by atoms with van der Waals surface area (Å²) in [5.41, 5.74) is 11.4. The van der Waals surface area contributed by atoms with Gasteiger partial charge in [-0.3, -0.25) is 24.6 Å². The molecule has 0 saturated heterocycles. The van der Waals surface area contributed by atoms with Crippen LogP contribution >= 0.6 is 23.2 Å². The molecule has 0 saturated carbocycles. The third kappa shape index (κ3) is 5.57. The molecular weight excluding hydrogens is 685 g/mol. The monoisotopic (exact) mass is 725 g/mol. The number of amides is 2. The minimum atomic E-state index is -0.786. The Morgan fingerprint density at radius 1 is 1.04 bits per heavy atom. The van der Waals surface area contributed by atoms with Crippen LogP contribution in [-0.4, -0.2) is 42.8 Å². The highest BCUT2D eigenvalue weighted by atomic mass is 35.5. The van der Waals surface area contributed by atoms with Crippen LogP contribution in [0.25, 0.3) is 32.9 Å². The molecular formula is C39H41Cl2N7O3. The van der Waals surface area contributed by atoms with E-state index in [1.807, 2.05) is 81.5 Å². The van der Waals surface area contributed by atoms with Gasteiger partial charge in [0.05, 0.1) is 35.1 Å². The van der Waals surface area contributed by atoms with Crippen molar-refractivity contribution in [3.05, 3.63) is 99.1 Å². The number of ether oxygens (including phenoxy) is 1. The van der Waals surface area contributed by atoms with Crippen LogP contribution in [0.15, 0.2) is 54.7 Å². The van der Waals surface area contributed by atoms with Crippen LogP contribution in [0.3, 0.4) is 0 Å². The Labute approximate surface area is 306 Å². The van der Waals surface area contributed by atoms with Gasteiger partial charge in [0, 0.05) is 58.5 Å². The third-order valence-electron chi connectivity index (χ3n) is 10.2. The minimum Gasteiger partial charge on any atom is -0.494 e. The second kappa shape index (κ2) is 13.1. The molecule has 3 aromatic heterocycles. The van der Waals surface area contributed by atoms with Crippen LogP contribution in [0.5, 0.6) is 5.75 Å². The van der Waals surface area contributed by atoms with E-state index in [1.54, 1.807) is 17.0 Å². The first kappa shape index (κ1) is 34.7. The smallest absolute Gasteiger partial charge is 0.276 e. The molecule has 0 fully saturated rings. The average molecular weight is 727 g/mol. The van der Waals surface area contributed by atoms with Crippen molar-refractivity contribution in [3.63, 3.8) is 0 Å². The van der Waals surface area contributed by atoms with E-state index < -0.39 is 11.4 Å². The lowest BCUT2D eigenvalue weighted by Gasteiger charge is -2.39. The zero-order chi connectivity index (χ0) is 36.5. The Morgan fingerprint density at radius 3 is 2.43 bits per heavy atom. The minimum absolute atomic E-state index is 0.248. The van der Waals surface area contributed by atoms with Crippen molar-refractivity contribution >= 4 is 62.5 Å². The summed E-state index contributed by atoms with van der Waals surface area (Å²) in [5, 5.41) is 7.23. The highest BCUT2D eigenvalue weighted by molar-refractivity contribution is 6.32. The Bertz CT molecular complexity index is 2360. The molecule has 1 aliphatic rings. The second-order valence-electron chi connectivity index (χ2n) is 13.5. The molecule has 3 aromatic carbocycles. The van der Waals surface area contributed by atoms with E-state index in [1.165, 1.54) is 0 Å². The van der Waals surface area contributed by atoms with E-state index in [0.717, 1.165) is 71.8 Å². The molecule has 10 nitrogen and oxygen atoms in total. The number of nitrogens with one attached hydrogen (secondary N) is 1. The SMILES string of the molecule is Cc1cc(OCCCc2c3n(c4c(-c5c(C)nn(C)c5C)cccc24)C(C)C(Cl)N(c2cc(C(=O)NN)cc4ccn(C)c24)C3=O)cc(C)c1Cl. The van der Waals surface area contributed by atoms with Crippen LogP contribution < -0.4 is 20.9 Å². The summed E-state index contributed by atoms with van der Waals surface area (Å²) < 4.78 is 12.2. The number of para-hydroxylation sites is 1. The van der Waals surface area contributed by atoms with Crippen LogP contribution in [0.2, 0.25) is 5.02 Å². The molecule has 0 spiro atoms. The van der Waals surface area contributed by atoms with E-state index in [0.29, 0.717) is 36.4 Å². The van der Waals surface area contributed by atoms with Gasteiger partial charge >= 0.3 is 0 Å². The molecule has 0 radical (unpaired) electrons. The summed E-state index contributed by atoms with van der Waals surface area (Å²) in [5.74, 6) is 5.60. The number of nitrogen functional groups attached to an aromatic ring is 1. The fourth-order valence-electron chi connectivity index (χ4n) is 7.74. The molecule has 264 valence electrons. The maximum atomic E-state index is 15.2. The summed E-state index contributed by atoms with van der Waals surface area (Å²) in [6.07, 6.45) is 3.13. The van der Waals surface area contributed by atoms with Gasteiger partial charge in [0.1, 0.15) is 16.9 Å². The molecule has 2 atom stereocenters. The Hall–Kier alpha value is -4.77. The fraction of sp³-hybridized carbons (Fsp3) is 0.308. The topological polar surface area (TPSA) is 112 Å². The van der Waals surface area contributed by atoms with Gasteiger partial charge in [-0.1, -0.05) is 41.4 Å². The Kier molecular flexibility index (Phi) is 8.90. The van der Waals surface area contributed by atoms with Crippen LogP contribution in [0, 0.1) is 27.7 Å². The van der Waals surface area contributed by atoms with Gasteiger partial charge in [0.2, 0.25) is 0 Å². The third-order valence-corrected chi connectivity index (χ3v) is 11.4. The van der Waals surface area contributed by atoms with Crippen molar-refractivity contribution in [2.24, 2.45) is 19.9 Å². The largest absolute Gasteiger partial charge is 0.494 e. The molecule has 0 aliphatic carbocycles. The molecule has 4 heterocycles. The fourth-order valence-corrected chi connectivity index (χ4v) is 8.16. The number of hydrogen-bond acceptors (Lipinski definition) is 5. The van der Waals surface area contributed by atoms with Gasteiger partial charge in [-0.25, -0.2) is 5.84 Å². The standard InChI is InChI=1S/C39H41Cl2N7O3/c1-20-16-27(17-21(2)33(20)40)51-15-9-12-29-28-10-8-11-30(32-22(3)44-46(7)23(32)4)35(28)47-24(5)37(41)48(39(50)36(29)47)31-19-26(38(49)43-42)18-25-13-14-45(6)34(25)31/h8,10-11,13-14,16-19,24,37H,9,12,15,42H2,1-7H3,(H,43,49). The maximum Gasteiger partial charge on any atom is 0.276 e. The Morgan fingerprint density at radius 2 is 1.76 bits per heavy atom. The molecule has 1 aliphatic heterocycles. The van der Waals surface area contributed by atoms with Crippen molar-refractivity contribution in [3.8, 4) is 16.9 Å². The number of nitrogens with zero attached hydrogens (tertiary/aromatic N) is 5. The summed E-state index contributed by atoms with van der Waals surface area (Å²) in [4.78, 5) is 29.6. The van der Waals surface area contributed by atoms with Gasteiger partial charge < -0.3 is 13.9 Å². The van der Waals surface area contributed by atoms with Crippen LogP contribution in [-0.2, 0) is 20.5 Å². The number of anilines is 1. The van der Waals surface area contributed by atoms with Crippen LogP contribution in [0.1, 0.15) is 68.3 Å². The molecule has 2 amide bonds. The van der Waals surface area contributed by atoms with Crippen molar-refractivity contribution in [1.29, 1.82) is 0 Å². The predicted octanol–water partition coefficient (Wildman–Crippen LogP) is 7.82. The van der Waals surface area contributed by atoms with Gasteiger partial charge in [-0.2, -0.15) is 5.10 Å². The lowest BCUT2D eigenvalue weighted by atomic mass is 9.98. The van der Waals surface area contributed by atoms with E-state index in [9.17, 15) is 4.79 Å². The zero-order valence-electron chi connectivity index (χ0n) is 29.8. The van der Waals surface area contributed by atoms with E-state index in [-0.39, 0.29) is 11.9 Å². The van der Waals surface area contributed by atoms with Crippen LogP contribution in [0.4, 0.5) is 5.69 Å². The highest BCUT2D eigenvalue weighted by Crippen LogP contribution is 2.46. The summed E-state index contributed by atoms with van der Waals surface area (Å²) in [6.45, 7) is 10.5. The van der Waals surface area contributed by atoms with Gasteiger partial charge in [-0.05, 0) is 94.5 Å². The number of hydrogen-bond donors (Lipinski definition) is 2. The number of aryl methyl sites for hydroxylation is 6. The average Bonchev–Trinajstić information content (AvgIpc) is 3.73. The molecule has 12 heteroatoms.